The normalized spacial score (nSPS) is 33.3. The summed E-state index contributed by atoms with van der Waals surface area (Å²) in [5, 5.41) is 26.2. The maximum absolute atomic E-state index is 9.46. The third kappa shape index (κ3) is 0.745. The molecule has 0 bridgehead atoms. The Balaban J connectivity index is 2.48. The van der Waals surface area contributed by atoms with Crippen molar-refractivity contribution in [2.75, 3.05) is 0 Å². The van der Waals surface area contributed by atoms with E-state index in [4.69, 9.17) is 0 Å². The van der Waals surface area contributed by atoms with E-state index < -0.39 is 12.2 Å². The zero-order chi connectivity index (χ0) is 8.72. The quantitative estimate of drug-likeness (QED) is 0.548. The molecule has 1 aliphatic heterocycles. The highest BCUT2D eigenvalue weighted by Crippen LogP contribution is 2.33. The van der Waals surface area contributed by atoms with E-state index in [2.05, 4.69) is 16.9 Å². The van der Waals surface area contributed by atoms with Crippen molar-refractivity contribution in [2.45, 2.75) is 18.2 Å². The summed E-state index contributed by atoms with van der Waals surface area (Å²) in [6.07, 6.45) is 1.23. The highest BCUT2D eigenvalue weighted by Gasteiger charge is 2.38. The minimum atomic E-state index is -0.900. The predicted molar refractivity (Wildman–Crippen MR) is 40.2 cm³/mol. The number of hydrogen-bond acceptors (Lipinski definition) is 4. The van der Waals surface area contributed by atoms with Crippen molar-refractivity contribution >= 4 is 0 Å². The van der Waals surface area contributed by atoms with E-state index in [0.717, 1.165) is 0 Å². The number of aromatic nitrogens is 3. The van der Waals surface area contributed by atoms with Crippen LogP contribution in [0.25, 0.3) is 0 Å². The number of aliphatic hydroxyl groups is 2. The Morgan fingerprint density at radius 2 is 2.33 bits per heavy atom. The van der Waals surface area contributed by atoms with Gasteiger partial charge in [0, 0.05) is 0 Å². The van der Waals surface area contributed by atoms with Crippen molar-refractivity contribution in [3.05, 3.63) is 24.5 Å². The van der Waals surface area contributed by atoms with Gasteiger partial charge in [-0.1, -0.05) is 11.3 Å². The second kappa shape index (κ2) is 2.40. The zero-order valence-electron chi connectivity index (χ0n) is 6.33. The van der Waals surface area contributed by atoms with E-state index in [0.29, 0.717) is 5.69 Å². The fourth-order valence-corrected chi connectivity index (χ4v) is 1.44. The van der Waals surface area contributed by atoms with Gasteiger partial charge in [0.25, 0.3) is 0 Å². The van der Waals surface area contributed by atoms with Crippen LogP contribution in [0.5, 0.6) is 0 Å². The van der Waals surface area contributed by atoms with Crippen LogP contribution in [-0.2, 0) is 0 Å². The molecule has 0 fully saturated rings. The molecule has 0 spiro atoms. The summed E-state index contributed by atoms with van der Waals surface area (Å²) in [5.74, 6) is 0. The summed E-state index contributed by atoms with van der Waals surface area (Å²) in [5.41, 5.74) is 0.535. The summed E-state index contributed by atoms with van der Waals surface area (Å²) in [6, 6.07) is -0.363. The monoisotopic (exact) mass is 167 g/mol. The molecule has 64 valence electrons. The highest BCUT2D eigenvalue weighted by atomic mass is 16.3. The Hall–Kier alpha value is -1.20. The van der Waals surface area contributed by atoms with Crippen molar-refractivity contribution in [3.8, 4) is 0 Å². The zero-order valence-corrected chi connectivity index (χ0v) is 6.33. The van der Waals surface area contributed by atoms with E-state index in [1.807, 2.05) is 0 Å². The summed E-state index contributed by atoms with van der Waals surface area (Å²) in [4.78, 5) is 0. The van der Waals surface area contributed by atoms with Crippen LogP contribution in [0.1, 0.15) is 17.8 Å². The van der Waals surface area contributed by atoms with Crippen molar-refractivity contribution in [1.82, 2.24) is 15.0 Å². The molecule has 5 heteroatoms. The second-order valence-electron chi connectivity index (χ2n) is 2.77. The molecule has 0 saturated heterocycles. The average molecular weight is 167 g/mol. The molecule has 0 aromatic carbocycles. The maximum atomic E-state index is 9.46. The Morgan fingerprint density at radius 3 is 3.00 bits per heavy atom. The fraction of sp³-hybridized carbons (Fsp3) is 0.429. The first-order valence-corrected chi connectivity index (χ1v) is 3.64. The van der Waals surface area contributed by atoms with Gasteiger partial charge in [-0.15, -0.1) is 11.7 Å². The molecular weight excluding hydrogens is 158 g/mol. The van der Waals surface area contributed by atoms with Gasteiger partial charge in [-0.25, -0.2) is 4.68 Å². The Labute approximate surface area is 68.9 Å². The smallest absolute Gasteiger partial charge is 0.125 e. The van der Waals surface area contributed by atoms with Crippen LogP contribution in [0.4, 0.5) is 0 Å². The average Bonchev–Trinajstić information content (AvgIpc) is 2.59. The number of rotatable bonds is 1. The van der Waals surface area contributed by atoms with Crippen molar-refractivity contribution in [1.29, 1.82) is 0 Å². The standard InChI is InChI=1S/C7H9N3O2/c1-2-4-6(11)7(12)5-3-8-9-10(4)5/h2-4,6-7,11-12H,1H2/t4-,6+,7-/m1/s1. The molecule has 2 heterocycles. The van der Waals surface area contributed by atoms with Gasteiger partial charge >= 0.3 is 0 Å². The lowest BCUT2D eigenvalue weighted by Gasteiger charge is -2.11. The van der Waals surface area contributed by atoms with Crippen LogP contribution >= 0.6 is 0 Å². The van der Waals surface area contributed by atoms with Crippen LogP contribution < -0.4 is 0 Å². The van der Waals surface area contributed by atoms with Gasteiger partial charge < -0.3 is 10.2 Å². The third-order valence-electron chi connectivity index (χ3n) is 2.10. The molecule has 1 aromatic heterocycles. The molecule has 2 N–H and O–H groups in total. The van der Waals surface area contributed by atoms with Crippen LogP contribution in [0, 0.1) is 0 Å². The molecule has 0 amide bonds. The van der Waals surface area contributed by atoms with Crippen LogP contribution in [0.2, 0.25) is 0 Å². The first kappa shape index (κ1) is 7.45. The topological polar surface area (TPSA) is 71.2 Å². The number of aliphatic hydroxyl groups excluding tert-OH is 2. The minimum absolute atomic E-state index is 0.363. The predicted octanol–water partition coefficient (Wildman–Crippen LogP) is -0.587. The molecule has 0 saturated carbocycles. The van der Waals surface area contributed by atoms with Gasteiger partial charge in [-0.2, -0.15) is 0 Å². The van der Waals surface area contributed by atoms with E-state index in [1.54, 1.807) is 6.08 Å². The van der Waals surface area contributed by atoms with E-state index in [9.17, 15) is 10.2 Å². The van der Waals surface area contributed by atoms with E-state index >= 15 is 0 Å². The molecule has 1 aliphatic rings. The van der Waals surface area contributed by atoms with Gasteiger partial charge in [-0.05, 0) is 0 Å². The number of hydrogen-bond donors (Lipinski definition) is 2. The first-order chi connectivity index (χ1) is 5.75. The summed E-state index contributed by atoms with van der Waals surface area (Å²) >= 11 is 0. The molecule has 0 aliphatic carbocycles. The van der Waals surface area contributed by atoms with Crippen molar-refractivity contribution in [3.63, 3.8) is 0 Å². The lowest BCUT2D eigenvalue weighted by atomic mass is 10.1. The lowest BCUT2D eigenvalue weighted by Crippen LogP contribution is -2.19. The van der Waals surface area contributed by atoms with Crippen LogP contribution in [0.15, 0.2) is 18.9 Å². The molecule has 0 radical (unpaired) electrons. The van der Waals surface area contributed by atoms with Crippen molar-refractivity contribution in [2.24, 2.45) is 0 Å². The maximum Gasteiger partial charge on any atom is 0.125 e. The Kier molecular flexibility index (Phi) is 1.49. The third-order valence-corrected chi connectivity index (χ3v) is 2.10. The van der Waals surface area contributed by atoms with Crippen LogP contribution in [-0.4, -0.2) is 31.3 Å². The van der Waals surface area contributed by atoms with Gasteiger partial charge in [-0.3, -0.25) is 0 Å². The second-order valence-corrected chi connectivity index (χ2v) is 2.77. The minimum Gasteiger partial charge on any atom is -0.387 e. The number of nitrogens with zero attached hydrogens (tertiary/aromatic N) is 3. The SMILES string of the molecule is C=C[C@@H]1[C@H](O)[C@H](O)c2cnnn21. The molecular formula is C7H9N3O2. The summed E-state index contributed by atoms with van der Waals surface area (Å²) in [7, 11) is 0. The molecule has 0 unspecified atom stereocenters. The summed E-state index contributed by atoms with van der Waals surface area (Å²) < 4.78 is 1.47. The fourth-order valence-electron chi connectivity index (χ4n) is 1.44. The molecule has 1 aromatic rings. The van der Waals surface area contributed by atoms with Gasteiger partial charge in [0.15, 0.2) is 0 Å². The largest absolute Gasteiger partial charge is 0.387 e. The van der Waals surface area contributed by atoms with Gasteiger partial charge in [0.2, 0.25) is 0 Å². The van der Waals surface area contributed by atoms with E-state index in [1.165, 1.54) is 10.9 Å². The Bertz CT molecular complexity index is 309. The van der Waals surface area contributed by atoms with Crippen molar-refractivity contribution < 1.29 is 10.2 Å². The molecule has 12 heavy (non-hydrogen) atoms. The Morgan fingerprint density at radius 1 is 1.58 bits per heavy atom. The summed E-state index contributed by atoms with van der Waals surface area (Å²) in [6.45, 7) is 3.55. The van der Waals surface area contributed by atoms with Gasteiger partial charge in [0.05, 0.1) is 11.9 Å². The molecule has 5 nitrogen and oxygen atoms in total. The van der Waals surface area contributed by atoms with Crippen LogP contribution in [0.3, 0.4) is 0 Å². The van der Waals surface area contributed by atoms with E-state index in [-0.39, 0.29) is 6.04 Å². The first-order valence-electron chi connectivity index (χ1n) is 3.64. The number of fused-ring (bicyclic) bond motifs is 1. The van der Waals surface area contributed by atoms with Gasteiger partial charge in [0.1, 0.15) is 18.2 Å². The molecule has 3 atom stereocenters. The highest BCUT2D eigenvalue weighted by molar-refractivity contribution is 5.14. The lowest BCUT2D eigenvalue weighted by molar-refractivity contribution is 0.0205. The molecule has 2 rings (SSSR count).